The lowest BCUT2D eigenvalue weighted by Gasteiger charge is -2.37. The molecule has 0 atom stereocenters. The highest BCUT2D eigenvalue weighted by Gasteiger charge is 2.19. The number of nitrogens with one attached hydrogen (secondary N) is 2. The van der Waals surface area contributed by atoms with Gasteiger partial charge in [-0.05, 0) is 12.1 Å². The molecule has 24 heavy (non-hydrogen) atoms. The molecule has 0 radical (unpaired) electrons. The van der Waals surface area contributed by atoms with E-state index in [1.165, 1.54) is 5.69 Å². The van der Waals surface area contributed by atoms with E-state index in [4.69, 9.17) is 0 Å². The van der Waals surface area contributed by atoms with Crippen molar-refractivity contribution < 1.29 is 4.79 Å². The number of hydrogen-bond donors (Lipinski definition) is 2. The summed E-state index contributed by atoms with van der Waals surface area (Å²) >= 11 is 0. The molecule has 6 nitrogen and oxygen atoms in total. The molecule has 0 aliphatic carbocycles. The van der Waals surface area contributed by atoms with E-state index in [0.717, 1.165) is 32.1 Å². The van der Waals surface area contributed by atoms with Gasteiger partial charge in [0.25, 0.3) is 0 Å². The molecule has 1 heterocycles. The summed E-state index contributed by atoms with van der Waals surface area (Å²) in [5, 5.41) is 6.24. The topological polar surface area (TPSA) is 60.0 Å². The van der Waals surface area contributed by atoms with Crippen molar-refractivity contribution in [1.29, 1.82) is 0 Å². The van der Waals surface area contributed by atoms with Crippen molar-refractivity contribution in [3.05, 3.63) is 30.3 Å². The van der Waals surface area contributed by atoms with Crippen molar-refractivity contribution >= 4 is 17.6 Å². The van der Waals surface area contributed by atoms with Gasteiger partial charge in [0.05, 0.1) is 0 Å². The van der Waals surface area contributed by atoms with Crippen LogP contribution in [0.25, 0.3) is 0 Å². The Balaban J connectivity index is 1.74. The van der Waals surface area contributed by atoms with Crippen LogP contribution in [-0.2, 0) is 4.79 Å². The van der Waals surface area contributed by atoms with Crippen molar-refractivity contribution in [2.45, 2.75) is 13.8 Å². The molecule has 1 aromatic carbocycles. The number of carbonyl (C=O) groups excluding carboxylic acids is 1. The Morgan fingerprint density at radius 1 is 1.08 bits per heavy atom. The number of nitrogens with zero attached hydrogens (tertiary/aromatic N) is 3. The van der Waals surface area contributed by atoms with Crippen LogP contribution in [0.4, 0.5) is 5.69 Å². The largest absolute Gasteiger partial charge is 0.368 e. The van der Waals surface area contributed by atoms with Gasteiger partial charge in [0, 0.05) is 57.9 Å². The minimum absolute atomic E-state index is 0.0235. The van der Waals surface area contributed by atoms with Crippen molar-refractivity contribution in [1.82, 2.24) is 15.5 Å². The normalized spacial score (nSPS) is 15.6. The molecule has 1 aliphatic rings. The summed E-state index contributed by atoms with van der Waals surface area (Å²) in [5.74, 6) is 1.01. The van der Waals surface area contributed by atoms with Gasteiger partial charge in [-0.1, -0.05) is 32.0 Å². The van der Waals surface area contributed by atoms with Crippen molar-refractivity contribution in [3.63, 3.8) is 0 Å². The predicted octanol–water partition coefficient (Wildman–Crippen LogP) is 1.16. The molecule has 0 saturated carbocycles. The SMILES string of the molecule is CN=C(NCCNC(=O)C(C)C)N1CCN(c2ccccc2)CC1. The number of aliphatic imine (C=N–C) groups is 1. The molecule has 6 heteroatoms. The number of carbonyl (C=O) groups is 1. The molecule has 0 aromatic heterocycles. The van der Waals surface area contributed by atoms with Crippen molar-refractivity contribution in [2.24, 2.45) is 10.9 Å². The standard InChI is InChI=1S/C18H29N5O/c1-15(2)17(24)20-9-10-21-18(19-3)23-13-11-22(12-14-23)16-7-5-4-6-8-16/h4-8,15H,9-14H2,1-3H3,(H,19,21)(H,20,24). The first kappa shape index (κ1) is 18.1. The fraction of sp³-hybridized carbons (Fsp3) is 0.556. The zero-order valence-electron chi connectivity index (χ0n) is 15.0. The maximum absolute atomic E-state index is 11.5. The number of hydrogen-bond acceptors (Lipinski definition) is 3. The number of para-hydroxylation sites is 1. The molecule has 132 valence electrons. The average molecular weight is 331 g/mol. The van der Waals surface area contributed by atoms with Crippen LogP contribution in [0.5, 0.6) is 0 Å². The highest BCUT2D eigenvalue weighted by molar-refractivity contribution is 5.80. The lowest BCUT2D eigenvalue weighted by atomic mass is 10.2. The number of rotatable bonds is 5. The Morgan fingerprint density at radius 3 is 2.29 bits per heavy atom. The van der Waals surface area contributed by atoms with Crippen LogP contribution < -0.4 is 15.5 Å². The van der Waals surface area contributed by atoms with Crippen LogP contribution in [-0.4, -0.2) is 63.1 Å². The molecule has 1 aliphatic heterocycles. The predicted molar refractivity (Wildman–Crippen MR) is 99.4 cm³/mol. The first-order valence-corrected chi connectivity index (χ1v) is 8.65. The zero-order valence-corrected chi connectivity index (χ0v) is 15.0. The van der Waals surface area contributed by atoms with E-state index in [0.29, 0.717) is 13.1 Å². The number of amides is 1. The molecule has 1 fully saturated rings. The lowest BCUT2D eigenvalue weighted by Crippen LogP contribution is -2.53. The van der Waals surface area contributed by atoms with E-state index < -0.39 is 0 Å². The summed E-state index contributed by atoms with van der Waals surface area (Å²) < 4.78 is 0. The lowest BCUT2D eigenvalue weighted by molar-refractivity contribution is -0.123. The summed E-state index contributed by atoms with van der Waals surface area (Å²) in [4.78, 5) is 20.6. The summed E-state index contributed by atoms with van der Waals surface area (Å²) in [7, 11) is 1.80. The maximum Gasteiger partial charge on any atom is 0.222 e. The van der Waals surface area contributed by atoms with E-state index >= 15 is 0 Å². The molecule has 0 unspecified atom stereocenters. The Bertz CT molecular complexity index is 536. The van der Waals surface area contributed by atoms with Crippen LogP contribution in [0.2, 0.25) is 0 Å². The highest BCUT2D eigenvalue weighted by atomic mass is 16.1. The van der Waals surface area contributed by atoms with Gasteiger partial charge in [0.15, 0.2) is 5.96 Å². The van der Waals surface area contributed by atoms with Gasteiger partial charge in [-0.3, -0.25) is 9.79 Å². The third-order valence-electron chi connectivity index (χ3n) is 4.14. The maximum atomic E-state index is 11.5. The number of anilines is 1. The smallest absolute Gasteiger partial charge is 0.222 e. The first-order chi connectivity index (χ1) is 11.6. The van der Waals surface area contributed by atoms with Crippen LogP contribution in [0.15, 0.2) is 35.3 Å². The van der Waals surface area contributed by atoms with Crippen LogP contribution in [0, 0.1) is 5.92 Å². The monoisotopic (exact) mass is 331 g/mol. The van der Waals surface area contributed by atoms with Gasteiger partial charge < -0.3 is 20.4 Å². The van der Waals surface area contributed by atoms with E-state index in [-0.39, 0.29) is 11.8 Å². The van der Waals surface area contributed by atoms with E-state index in [9.17, 15) is 4.79 Å². The Hall–Kier alpha value is -2.24. The third kappa shape index (κ3) is 5.15. The fourth-order valence-corrected chi connectivity index (χ4v) is 2.71. The van der Waals surface area contributed by atoms with Crippen molar-refractivity contribution in [2.75, 3.05) is 51.2 Å². The van der Waals surface area contributed by atoms with Crippen LogP contribution in [0.3, 0.4) is 0 Å². The molecule has 1 aromatic rings. The molecule has 0 bridgehead atoms. The van der Waals surface area contributed by atoms with Gasteiger partial charge in [-0.15, -0.1) is 0 Å². The number of guanidine groups is 1. The molecule has 1 amide bonds. The van der Waals surface area contributed by atoms with Crippen LogP contribution in [0.1, 0.15) is 13.8 Å². The summed E-state index contributed by atoms with van der Waals surface area (Å²) in [5.41, 5.74) is 1.27. The Kier molecular flexibility index (Phi) is 6.90. The third-order valence-corrected chi connectivity index (χ3v) is 4.14. The molecular formula is C18H29N5O. The van der Waals surface area contributed by atoms with Crippen molar-refractivity contribution in [3.8, 4) is 0 Å². The molecule has 0 spiro atoms. The van der Waals surface area contributed by atoms with Gasteiger partial charge in [0.2, 0.25) is 5.91 Å². The van der Waals surface area contributed by atoms with Gasteiger partial charge in [0.1, 0.15) is 0 Å². The van der Waals surface area contributed by atoms with Gasteiger partial charge in [-0.25, -0.2) is 0 Å². The van der Waals surface area contributed by atoms with E-state index in [1.807, 2.05) is 19.9 Å². The van der Waals surface area contributed by atoms with Crippen LogP contribution >= 0.6 is 0 Å². The second-order valence-electron chi connectivity index (χ2n) is 6.23. The number of piperazine rings is 1. The zero-order chi connectivity index (χ0) is 17.4. The first-order valence-electron chi connectivity index (χ1n) is 8.65. The molecule has 2 N–H and O–H groups in total. The Morgan fingerprint density at radius 2 is 1.71 bits per heavy atom. The summed E-state index contributed by atoms with van der Waals surface area (Å²) in [6, 6.07) is 10.5. The quantitative estimate of drug-likeness (QED) is 0.483. The fourth-order valence-electron chi connectivity index (χ4n) is 2.71. The molecule has 2 rings (SSSR count). The molecular weight excluding hydrogens is 302 g/mol. The minimum atomic E-state index is 0.0235. The average Bonchev–Trinajstić information content (AvgIpc) is 2.62. The highest BCUT2D eigenvalue weighted by Crippen LogP contribution is 2.15. The second kappa shape index (κ2) is 9.15. The summed E-state index contributed by atoms with van der Waals surface area (Å²) in [6.07, 6.45) is 0. The summed E-state index contributed by atoms with van der Waals surface area (Å²) in [6.45, 7) is 8.93. The van der Waals surface area contributed by atoms with Gasteiger partial charge >= 0.3 is 0 Å². The minimum Gasteiger partial charge on any atom is -0.368 e. The van der Waals surface area contributed by atoms with E-state index in [2.05, 4.69) is 49.7 Å². The van der Waals surface area contributed by atoms with E-state index in [1.54, 1.807) is 7.05 Å². The number of benzene rings is 1. The van der Waals surface area contributed by atoms with Gasteiger partial charge in [-0.2, -0.15) is 0 Å². The second-order valence-corrected chi connectivity index (χ2v) is 6.23. The molecule has 1 saturated heterocycles. The Labute approximate surface area is 144 Å².